The normalized spacial score (nSPS) is 20.2. The van der Waals surface area contributed by atoms with Crippen LogP contribution in [0.1, 0.15) is 83.4 Å². The molecule has 2 aromatic carbocycles. The van der Waals surface area contributed by atoms with E-state index in [0.29, 0.717) is 17.3 Å². The summed E-state index contributed by atoms with van der Waals surface area (Å²) < 4.78 is 0. The fourth-order valence-electron chi connectivity index (χ4n) is 5.73. The fraction of sp³-hybridized carbons (Fsp3) is 0.310. The van der Waals surface area contributed by atoms with Crippen molar-refractivity contribution in [1.29, 1.82) is 0 Å². The van der Waals surface area contributed by atoms with Gasteiger partial charge in [-0.3, -0.25) is 0 Å². The second kappa shape index (κ2) is 15.5. The van der Waals surface area contributed by atoms with Crippen molar-refractivity contribution in [3.05, 3.63) is 163 Å². The molecule has 3 atom stereocenters. The molecule has 0 spiro atoms. The van der Waals surface area contributed by atoms with Gasteiger partial charge in [-0.05, 0) is 35.1 Å². The van der Waals surface area contributed by atoms with Crippen molar-refractivity contribution in [3.8, 4) is 0 Å². The summed E-state index contributed by atoms with van der Waals surface area (Å²) in [5, 5.41) is 11.3. The van der Waals surface area contributed by atoms with Crippen molar-refractivity contribution in [3.63, 3.8) is 0 Å². The molecule has 2 aliphatic rings. The van der Waals surface area contributed by atoms with E-state index in [1.165, 1.54) is 39.3 Å². The van der Waals surface area contributed by atoms with Crippen molar-refractivity contribution in [2.75, 3.05) is 0 Å². The van der Waals surface area contributed by atoms with E-state index in [9.17, 15) is 0 Å². The molecule has 0 amide bonds. The molecule has 0 heterocycles. The zero-order valence-electron chi connectivity index (χ0n) is 28.2. The number of nitrogens with zero attached hydrogens (tertiary/aromatic N) is 2. The van der Waals surface area contributed by atoms with E-state index < -0.39 is 0 Å². The van der Waals surface area contributed by atoms with Crippen LogP contribution >= 0.6 is 0 Å². The highest BCUT2D eigenvalue weighted by Crippen LogP contribution is 2.39. The number of benzene rings is 2. The van der Waals surface area contributed by atoms with Crippen molar-refractivity contribution in [2.45, 2.75) is 73.6 Å². The third-order valence-corrected chi connectivity index (χ3v) is 9.37. The first-order valence-corrected chi connectivity index (χ1v) is 16.7. The molecule has 2 nitrogen and oxygen atoms in total. The maximum absolute atomic E-state index is 5.57. The van der Waals surface area contributed by atoms with Crippen molar-refractivity contribution in [1.82, 2.24) is 0 Å². The van der Waals surface area contributed by atoms with Gasteiger partial charge in [0.25, 0.3) is 0 Å². The smallest absolute Gasteiger partial charge is 0.0209 e. The summed E-state index contributed by atoms with van der Waals surface area (Å²) in [5.74, 6) is 2.72. The Kier molecular flexibility index (Phi) is 11.7. The zero-order valence-corrected chi connectivity index (χ0v) is 29.0. The van der Waals surface area contributed by atoms with Gasteiger partial charge in [0.2, 0.25) is 0 Å². The van der Waals surface area contributed by atoms with Gasteiger partial charge in [-0.2, -0.15) is 5.50 Å². The van der Waals surface area contributed by atoms with E-state index in [-0.39, 0.29) is 5.92 Å². The topological polar surface area (TPSA) is 28.2 Å². The number of allylic oxidation sites excluding steroid dienone is 11. The van der Waals surface area contributed by atoms with Crippen LogP contribution in [0.5, 0.6) is 0 Å². The maximum Gasteiger partial charge on any atom is -0.0209 e. The molecule has 2 aliphatic carbocycles. The number of hydrogen-bond donors (Lipinski definition) is 0. The molecule has 236 valence electrons. The number of rotatable bonds is 11. The summed E-state index contributed by atoms with van der Waals surface area (Å²) in [6, 6.07) is 12.8. The minimum atomic E-state index is 0.285. The molecule has 0 N–H and O–H groups in total. The van der Waals surface area contributed by atoms with Crippen LogP contribution in [0.2, 0.25) is 0 Å². The van der Waals surface area contributed by atoms with Gasteiger partial charge in [-0.25, -0.2) is 0 Å². The standard InChI is InChI=1S/C42H48N2S/c1-10-27(3)37-16-14-34(29(5)22-37)12-13-35-18-20-39(24-31(35)7)43-42(45)44-40-25-32(8)41(33(9)26-40)21-19-36-15-17-38(23-30(36)6)28(4)11-2/h12-25,27-28,33H,7-8,10-11,26H2,1-6,9H3/q-4. The molecule has 3 heteroatoms. The lowest BCUT2D eigenvalue weighted by atomic mass is 9.84. The van der Waals surface area contributed by atoms with Gasteiger partial charge in [-0.1, -0.05) is 115 Å². The van der Waals surface area contributed by atoms with E-state index >= 15 is 0 Å². The Bertz CT molecular complexity index is 1650. The molecular formula is C42H48N2S-4. The van der Waals surface area contributed by atoms with Crippen molar-refractivity contribution in [2.24, 2.45) is 11.8 Å². The van der Waals surface area contributed by atoms with Crippen molar-refractivity contribution >= 4 is 31.0 Å². The minimum Gasteiger partial charge on any atom is -0.530 e. The van der Waals surface area contributed by atoms with Gasteiger partial charge in [0.05, 0.1) is 0 Å². The summed E-state index contributed by atoms with van der Waals surface area (Å²) in [6.45, 7) is 24.2. The van der Waals surface area contributed by atoms with Gasteiger partial charge in [0.15, 0.2) is 0 Å². The molecule has 0 radical (unpaired) electrons. The molecule has 0 saturated carbocycles. The second-order valence-corrected chi connectivity index (χ2v) is 13.0. The predicted octanol–water partition coefficient (Wildman–Crippen LogP) is 10.8. The molecule has 4 rings (SSSR count). The third kappa shape index (κ3) is 8.89. The van der Waals surface area contributed by atoms with Crippen LogP contribution in [0, 0.1) is 36.6 Å². The van der Waals surface area contributed by atoms with E-state index in [0.717, 1.165) is 46.7 Å². The molecule has 0 fully saturated rings. The summed E-state index contributed by atoms with van der Waals surface area (Å²) >= 11 is 5.57. The Morgan fingerprint density at radius 2 is 1.80 bits per heavy atom. The minimum absolute atomic E-state index is 0.285. The Hall–Kier alpha value is -3.82. The summed E-state index contributed by atoms with van der Waals surface area (Å²) in [6.07, 6.45) is 20.6. The average molecular weight is 613 g/mol. The number of aryl methyl sites for hydroxylation is 1. The van der Waals surface area contributed by atoms with Gasteiger partial charge < -0.3 is 23.3 Å². The first-order chi connectivity index (χ1) is 21.5. The zero-order chi connectivity index (χ0) is 32.7. The monoisotopic (exact) mass is 612 g/mol. The van der Waals surface area contributed by atoms with Crippen LogP contribution in [0.15, 0.2) is 107 Å². The van der Waals surface area contributed by atoms with Gasteiger partial charge >= 0.3 is 0 Å². The van der Waals surface area contributed by atoms with E-state index in [2.05, 4.69) is 133 Å². The predicted molar refractivity (Wildman–Crippen MR) is 199 cm³/mol. The van der Waals surface area contributed by atoms with E-state index in [4.69, 9.17) is 12.6 Å². The van der Waals surface area contributed by atoms with Crippen LogP contribution in [-0.2, 0) is 12.6 Å². The average Bonchev–Trinajstić information content (AvgIpc) is 3.00. The van der Waals surface area contributed by atoms with Crippen LogP contribution < -0.4 is 10.4 Å². The van der Waals surface area contributed by atoms with Gasteiger partial charge in [0, 0.05) is 0 Å². The quantitative estimate of drug-likeness (QED) is 0.183. The highest BCUT2D eigenvalue weighted by atomic mass is 32.1. The lowest BCUT2D eigenvalue weighted by molar-refractivity contribution is 0.667. The highest BCUT2D eigenvalue weighted by Gasteiger charge is 2.13. The van der Waals surface area contributed by atoms with Crippen LogP contribution in [0.4, 0.5) is 5.69 Å². The van der Waals surface area contributed by atoms with E-state index in [1.54, 1.807) is 0 Å². The van der Waals surface area contributed by atoms with E-state index in [1.807, 2.05) is 24.3 Å². The SMILES string of the molecule is C=C1C=C([N-][C+]([S-])[N-]c2ccc(=CC=C3C=CC(C(C)CC)=C[C-]3C)c(=C)c2)CC(C)C1=C[CH-]c1ccc(C(C)CC)cc1C. The first kappa shape index (κ1) is 34.1. The summed E-state index contributed by atoms with van der Waals surface area (Å²) in [5.41, 5.74) is 10.7. The molecule has 3 unspecified atom stereocenters. The summed E-state index contributed by atoms with van der Waals surface area (Å²) in [4.78, 5) is 0. The molecular weight excluding hydrogens is 565 g/mol. The Balaban J connectivity index is 1.36. The first-order valence-electron chi connectivity index (χ1n) is 16.3. The molecule has 45 heavy (non-hydrogen) atoms. The third-order valence-electron chi connectivity index (χ3n) is 9.18. The number of hydrogen-bond acceptors (Lipinski definition) is 1. The molecule has 2 aromatic rings. The lowest BCUT2D eigenvalue weighted by Gasteiger charge is -2.41. The molecule has 0 saturated heterocycles. The molecule has 0 aromatic heterocycles. The van der Waals surface area contributed by atoms with Crippen LogP contribution in [0.3, 0.4) is 0 Å². The largest absolute Gasteiger partial charge is 0.530 e. The van der Waals surface area contributed by atoms with Crippen molar-refractivity contribution < 1.29 is 0 Å². The molecule has 0 aliphatic heterocycles. The van der Waals surface area contributed by atoms with Crippen LogP contribution in [0.25, 0.3) is 23.3 Å². The molecule has 0 bridgehead atoms. The second-order valence-electron chi connectivity index (χ2n) is 12.6. The Morgan fingerprint density at radius 3 is 2.44 bits per heavy atom. The highest BCUT2D eigenvalue weighted by molar-refractivity contribution is 7.62. The Labute approximate surface area is 278 Å². The van der Waals surface area contributed by atoms with Crippen LogP contribution in [-0.4, -0.2) is 0 Å². The Morgan fingerprint density at radius 1 is 1.04 bits per heavy atom. The van der Waals surface area contributed by atoms with Gasteiger partial charge in [-0.15, -0.1) is 101 Å². The van der Waals surface area contributed by atoms with Gasteiger partial charge in [0.1, 0.15) is 0 Å². The maximum atomic E-state index is 5.57. The lowest BCUT2D eigenvalue weighted by Crippen LogP contribution is -2.21. The summed E-state index contributed by atoms with van der Waals surface area (Å²) in [7, 11) is 0. The fourth-order valence-corrected chi connectivity index (χ4v) is 5.95.